The van der Waals surface area contributed by atoms with Crippen molar-refractivity contribution in [2.75, 3.05) is 30.7 Å². The lowest BCUT2D eigenvalue weighted by atomic mass is 10.0. The zero-order chi connectivity index (χ0) is 20.3. The molecule has 0 radical (unpaired) electrons. The molecule has 3 aromatic rings. The van der Waals surface area contributed by atoms with Crippen molar-refractivity contribution in [2.45, 2.75) is 44.0 Å². The van der Waals surface area contributed by atoms with Gasteiger partial charge in [0.15, 0.2) is 0 Å². The van der Waals surface area contributed by atoms with Gasteiger partial charge in [0.1, 0.15) is 17.0 Å². The van der Waals surface area contributed by atoms with Crippen LogP contribution in [0.2, 0.25) is 0 Å². The van der Waals surface area contributed by atoms with E-state index in [1.165, 1.54) is 12.8 Å². The lowest BCUT2D eigenvalue weighted by molar-refractivity contribution is 0.148. The second-order valence-corrected chi connectivity index (χ2v) is 9.91. The smallest absolute Gasteiger partial charge is 0.267 e. The van der Waals surface area contributed by atoms with Crippen molar-refractivity contribution in [2.24, 2.45) is 0 Å². The fraction of sp³-hybridized carbons (Fsp3) is 0.524. The highest BCUT2D eigenvalue weighted by Gasteiger charge is 2.23. The molecule has 1 saturated heterocycles. The minimum absolute atomic E-state index is 0.0313. The fourth-order valence-electron chi connectivity index (χ4n) is 4.37. The van der Waals surface area contributed by atoms with Crippen LogP contribution in [-0.4, -0.2) is 56.1 Å². The van der Waals surface area contributed by atoms with Crippen molar-refractivity contribution in [1.29, 1.82) is 0 Å². The molecule has 2 aliphatic heterocycles. The van der Waals surface area contributed by atoms with Crippen LogP contribution in [0.15, 0.2) is 28.6 Å². The van der Waals surface area contributed by atoms with Gasteiger partial charge < -0.3 is 5.32 Å². The van der Waals surface area contributed by atoms with Crippen LogP contribution < -0.4 is 10.9 Å². The number of aryl methyl sites for hydroxylation is 1. The molecular formula is C21H26N6OS2. The number of aromatic nitrogens is 4. The van der Waals surface area contributed by atoms with E-state index in [4.69, 9.17) is 0 Å². The highest BCUT2D eigenvalue weighted by molar-refractivity contribution is 7.98. The first-order valence-electron chi connectivity index (χ1n) is 10.6. The van der Waals surface area contributed by atoms with Crippen LogP contribution in [0.5, 0.6) is 0 Å². The average Bonchev–Trinajstić information content (AvgIpc) is 3.26. The molecule has 0 aliphatic carbocycles. The summed E-state index contributed by atoms with van der Waals surface area (Å²) in [6.45, 7) is 3.43. The number of rotatable bonds is 6. The number of hydrogen-bond donors (Lipinski definition) is 1. The number of nitrogens with zero attached hydrogens (tertiary/aromatic N) is 5. The Kier molecular flexibility index (Phi) is 6.01. The van der Waals surface area contributed by atoms with Crippen LogP contribution in [0.25, 0.3) is 10.2 Å². The monoisotopic (exact) mass is 442 g/mol. The Hall–Kier alpha value is -1.97. The predicted molar refractivity (Wildman–Crippen MR) is 123 cm³/mol. The molecular weight excluding hydrogens is 416 g/mol. The van der Waals surface area contributed by atoms with E-state index in [1.807, 2.05) is 11.8 Å². The molecule has 1 atom stereocenters. The summed E-state index contributed by atoms with van der Waals surface area (Å²) in [7, 11) is 0. The number of fused-ring (bicyclic) bond motifs is 2. The zero-order valence-corrected chi connectivity index (χ0v) is 18.6. The van der Waals surface area contributed by atoms with E-state index in [9.17, 15) is 4.79 Å². The average molecular weight is 443 g/mol. The Morgan fingerprint density at radius 1 is 1.23 bits per heavy atom. The number of nitrogens with one attached hydrogen (secondary N) is 1. The Morgan fingerprint density at radius 2 is 2.20 bits per heavy atom. The summed E-state index contributed by atoms with van der Waals surface area (Å²) in [6.07, 6.45) is 6.21. The van der Waals surface area contributed by atoms with E-state index < -0.39 is 0 Å². The van der Waals surface area contributed by atoms with Crippen molar-refractivity contribution < 1.29 is 0 Å². The van der Waals surface area contributed by atoms with Gasteiger partial charge in [-0.15, -0.1) is 11.3 Å². The number of hydrogen-bond acceptors (Lipinski definition) is 8. The van der Waals surface area contributed by atoms with Gasteiger partial charge in [-0.25, -0.2) is 14.6 Å². The Balaban J connectivity index is 1.24. The molecule has 0 aromatic carbocycles. The molecule has 158 valence electrons. The van der Waals surface area contributed by atoms with Gasteiger partial charge in [-0.05, 0) is 42.1 Å². The second-order valence-electron chi connectivity index (χ2n) is 7.91. The molecule has 0 amide bonds. The van der Waals surface area contributed by atoms with Crippen molar-refractivity contribution >= 4 is 39.1 Å². The number of anilines is 1. The van der Waals surface area contributed by atoms with E-state index in [0.29, 0.717) is 12.6 Å². The molecule has 0 saturated carbocycles. The summed E-state index contributed by atoms with van der Waals surface area (Å²) in [5, 5.41) is 11.4. The third-order valence-electron chi connectivity index (χ3n) is 6.02. The maximum Gasteiger partial charge on any atom is 0.267 e. The largest absolute Gasteiger partial charge is 0.368 e. The van der Waals surface area contributed by atoms with Crippen LogP contribution in [0, 0.1) is 0 Å². The first-order valence-corrected chi connectivity index (χ1v) is 12.6. The highest BCUT2D eigenvalue weighted by Crippen LogP contribution is 2.25. The zero-order valence-electron chi connectivity index (χ0n) is 16.9. The van der Waals surface area contributed by atoms with Gasteiger partial charge in [0, 0.05) is 37.4 Å². The van der Waals surface area contributed by atoms with Gasteiger partial charge in [-0.3, -0.25) is 9.69 Å². The third-order valence-corrected chi connectivity index (χ3v) is 7.85. The molecule has 1 unspecified atom stereocenters. The molecule has 5 heterocycles. The van der Waals surface area contributed by atoms with E-state index in [0.717, 1.165) is 71.3 Å². The maximum atomic E-state index is 12.5. The van der Waals surface area contributed by atoms with Crippen LogP contribution in [0.3, 0.4) is 0 Å². The fourth-order valence-corrected chi connectivity index (χ4v) is 6.05. The first kappa shape index (κ1) is 20.0. The second kappa shape index (κ2) is 9.03. The topological polar surface area (TPSA) is 75.9 Å². The van der Waals surface area contributed by atoms with Gasteiger partial charge in [-0.2, -0.15) is 16.9 Å². The van der Waals surface area contributed by atoms with E-state index in [-0.39, 0.29) is 5.56 Å². The van der Waals surface area contributed by atoms with Gasteiger partial charge >= 0.3 is 0 Å². The van der Waals surface area contributed by atoms with Crippen molar-refractivity contribution in [3.8, 4) is 0 Å². The highest BCUT2D eigenvalue weighted by atomic mass is 32.2. The summed E-state index contributed by atoms with van der Waals surface area (Å²) in [5.41, 5.74) is 2.26. The first-order chi connectivity index (χ1) is 14.8. The van der Waals surface area contributed by atoms with Crippen molar-refractivity contribution in [3.63, 3.8) is 0 Å². The minimum atomic E-state index is 0.0313. The van der Waals surface area contributed by atoms with E-state index in [2.05, 4.69) is 36.7 Å². The molecule has 3 aromatic heterocycles. The predicted octanol–water partition coefficient (Wildman–Crippen LogP) is 3.00. The molecule has 1 N–H and O–H groups in total. The summed E-state index contributed by atoms with van der Waals surface area (Å²) < 4.78 is 1.67. The Morgan fingerprint density at radius 3 is 3.17 bits per heavy atom. The van der Waals surface area contributed by atoms with Crippen molar-refractivity contribution in [1.82, 2.24) is 24.6 Å². The number of thiophene rings is 1. The van der Waals surface area contributed by atoms with Crippen LogP contribution in [-0.2, 0) is 18.7 Å². The number of piperidine rings is 1. The summed E-state index contributed by atoms with van der Waals surface area (Å²) in [4.78, 5) is 24.8. The van der Waals surface area contributed by atoms with Crippen LogP contribution in [0.4, 0.5) is 5.82 Å². The number of thioether (sulfide) groups is 1. The molecule has 7 nitrogen and oxygen atoms in total. The Bertz CT molecular complexity index is 1080. The van der Waals surface area contributed by atoms with Gasteiger partial charge in [-0.1, -0.05) is 6.42 Å². The van der Waals surface area contributed by atoms with Gasteiger partial charge in [0.05, 0.1) is 17.6 Å². The minimum Gasteiger partial charge on any atom is -0.368 e. The molecule has 5 rings (SSSR count). The maximum absolute atomic E-state index is 12.5. The number of likely N-dealkylation sites (tertiary alicyclic amines) is 1. The molecule has 2 aliphatic rings. The summed E-state index contributed by atoms with van der Waals surface area (Å²) in [5.74, 6) is 2.93. The summed E-state index contributed by atoms with van der Waals surface area (Å²) >= 11 is 3.52. The normalized spacial score (nSPS) is 19.7. The lowest BCUT2D eigenvalue weighted by Gasteiger charge is -2.36. The Labute approximate surface area is 183 Å². The SMILES string of the molecule is O=c1cc2c(nn1CCN1CCCCC1CNc1ncnc3sccc13)CCSC2. The third kappa shape index (κ3) is 4.24. The van der Waals surface area contributed by atoms with Gasteiger partial charge in [0.25, 0.3) is 5.56 Å². The molecule has 30 heavy (non-hydrogen) atoms. The molecule has 9 heteroatoms. The van der Waals surface area contributed by atoms with E-state index >= 15 is 0 Å². The quantitative estimate of drug-likeness (QED) is 0.629. The van der Waals surface area contributed by atoms with Gasteiger partial charge in [0.2, 0.25) is 0 Å². The molecule has 1 fully saturated rings. The van der Waals surface area contributed by atoms with Crippen molar-refractivity contribution in [3.05, 3.63) is 45.5 Å². The molecule has 0 bridgehead atoms. The molecule has 0 spiro atoms. The lowest BCUT2D eigenvalue weighted by Crippen LogP contribution is -2.45. The standard InChI is InChI=1S/C21H26N6OS2/c28-19-11-15-13-29-9-5-18(15)25-27(19)8-7-26-6-2-1-3-16(26)12-22-20-17-4-10-30-21(17)24-14-23-20/h4,10-11,14,16H,1-3,5-9,12-13H2,(H,22,23,24). The summed E-state index contributed by atoms with van der Waals surface area (Å²) in [6, 6.07) is 4.31. The van der Waals surface area contributed by atoms with Crippen LogP contribution >= 0.6 is 23.1 Å². The van der Waals surface area contributed by atoms with E-state index in [1.54, 1.807) is 28.4 Å². The van der Waals surface area contributed by atoms with Crippen LogP contribution in [0.1, 0.15) is 30.5 Å².